The molecule has 2 amide bonds. The van der Waals surface area contributed by atoms with Crippen LogP contribution in [0.5, 0.6) is 0 Å². The molecule has 1 aliphatic heterocycles. The number of aromatic nitrogens is 1. The summed E-state index contributed by atoms with van der Waals surface area (Å²) >= 11 is 0. The lowest BCUT2D eigenvalue weighted by Crippen LogP contribution is -2.35. The zero-order valence-corrected chi connectivity index (χ0v) is 14.1. The van der Waals surface area contributed by atoms with E-state index in [1.807, 2.05) is 42.6 Å². The molecule has 2 heterocycles. The summed E-state index contributed by atoms with van der Waals surface area (Å²) in [5.41, 5.74) is 5.00. The van der Waals surface area contributed by atoms with Gasteiger partial charge in [0.05, 0.1) is 5.71 Å². The first-order chi connectivity index (χ1) is 12.7. The first kappa shape index (κ1) is 15.1. The Balaban J connectivity index is 1.45. The van der Waals surface area contributed by atoms with E-state index in [4.69, 9.17) is 0 Å². The third-order valence-corrected chi connectivity index (χ3v) is 5.30. The number of carbonyl (C=O) groups is 2. The van der Waals surface area contributed by atoms with Crippen molar-refractivity contribution in [3.8, 4) is 0 Å². The lowest BCUT2D eigenvalue weighted by molar-refractivity contribution is -0.117. The number of aromatic amines is 1. The smallest absolute Gasteiger partial charge is 0.277 e. The Labute approximate surface area is 150 Å². The molecule has 2 aliphatic carbocycles. The number of hydrogen-bond donors (Lipinski definition) is 2. The zero-order valence-electron chi connectivity index (χ0n) is 14.1. The van der Waals surface area contributed by atoms with Crippen molar-refractivity contribution in [3.05, 3.63) is 71.1 Å². The van der Waals surface area contributed by atoms with Crippen molar-refractivity contribution in [1.82, 2.24) is 10.3 Å². The molecule has 1 atom stereocenters. The minimum absolute atomic E-state index is 0.00169. The summed E-state index contributed by atoms with van der Waals surface area (Å²) in [5.74, 6) is -0.174. The molecule has 26 heavy (non-hydrogen) atoms. The van der Waals surface area contributed by atoms with E-state index in [1.54, 1.807) is 6.07 Å². The third kappa shape index (κ3) is 2.36. The molecule has 1 aromatic heterocycles. The Hall–Kier alpha value is -3.21. The van der Waals surface area contributed by atoms with Gasteiger partial charge in [-0.05, 0) is 60.6 Å². The van der Waals surface area contributed by atoms with Crippen LogP contribution in [0.4, 0.5) is 0 Å². The number of carbonyl (C=O) groups excluding carboxylic acids is 2. The molecular formula is C21H17N3O2. The minimum Gasteiger partial charge on any atom is -0.361 e. The second kappa shape index (κ2) is 5.66. The Bertz CT molecular complexity index is 1080. The van der Waals surface area contributed by atoms with Crippen LogP contribution >= 0.6 is 0 Å². The summed E-state index contributed by atoms with van der Waals surface area (Å²) in [6, 6.07) is 7.45. The number of nitrogens with zero attached hydrogens (tertiary/aromatic N) is 1. The topological polar surface area (TPSA) is 74.3 Å². The summed E-state index contributed by atoms with van der Waals surface area (Å²) in [7, 11) is 0. The normalized spacial score (nSPS) is 23.1. The number of rotatable bonds is 1. The Morgan fingerprint density at radius 1 is 1.19 bits per heavy atom. The van der Waals surface area contributed by atoms with E-state index in [0.717, 1.165) is 41.4 Å². The van der Waals surface area contributed by atoms with Gasteiger partial charge in [0.2, 0.25) is 0 Å². The van der Waals surface area contributed by atoms with Gasteiger partial charge in [0.15, 0.2) is 0 Å². The van der Waals surface area contributed by atoms with Gasteiger partial charge in [-0.2, -0.15) is 0 Å². The predicted octanol–water partition coefficient (Wildman–Crippen LogP) is 3.43. The monoisotopic (exact) mass is 343 g/mol. The molecule has 1 unspecified atom stereocenters. The van der Waals surface area contributed by atoms with E-state index in [2.05, 4.69) is 15.3 Å². The van der Waals surface area contributed by atoms with Gasteiger partial charge in [-0.1, -0.05) is 12.1 Å². The van der Waals surface area contributed by atoms with Crippen molar-refractivity contribution < 1.29 is 9.59 Å². The van der Waals surface area contributed by atoms with Gasteiger partial charge in [-0.25, -0.2) is 4.99 Å². The van der Waals surface area contributed by atoms with Crippen LogP contribution in [0, 0.1) is 5.92 Å². The van der Waals surface area contributed by atoms with Gasteiger partial charge in [0, 0.05) is 34.5 Å². The van der Waals surface area contributed by atoms with Crippen molar-refractivity contribution in [2.45, 2.75) is 19.3 Å². The number of H-pyrrole nitrogens is 1. The maximum absolute atomic E-state index is 12.5. The average molecular weight is 343 g/mol. The molecule has 0 saturated carbocycles. The summed E-state index contributed by atoms with van der Waals surface area (Å²) in [6.45, 7) is 0. The molecule has 0 saturated heterocycles. The highest BCUT2D eigenvalue weighted by Gasteiger charge is 2.34. The van der Waals surface area contributed by atoms with Crippen LogP contribution in [0.2, 0.25) is 0 Å². The van der Waals surface area contributed by atoms with Gasteiger partial charge in [-0.15, -0.1) is 0 Å². The van der Waals surface area contributed by atoms with Crippen LogP contribution in [0.1, 0.15) is 29.6 Å². The number of nitrogens with one attached hydrogen (secondary N) is 2. The lowest BCUT2D eigenvalue weighted by atomic mass is 9.85. The van der Waals surface area contributed by atoms with Crippen LogP contribution < -0.4 is 5.32 Å². The van der Waals surface area contributed by atoms with E-state index in [0.29, 0.717) is 11.3 Å². The van der Waals surface area contributed by atoms with Crippen molar-refractivity contribution in [2.24, 2.45) is 10.9 Å². The zero-order chi connectivity index (χ0) is 17.7. The Morgan fingerprint density at radius 2 is 2.12 bits per heavy atom. The van der Waals surface area contributed by atoms with Gasteiger partial charge in [0.25, 0.3) is 11.8 Å². The molecule has 0 radical (unpaired) electrons. The second-order valence-corrected chi connectivity index (χ2v) is 6.87. The van der Waals surface area contributed by atoms with Crippen LogP contribution in [0.3, 0.4) is 0 Å². The number of hydrogen-bond acceptors (Lipinski definition) is 2. The fraction of sp³-hybridized carbons (Fsp3) is 0.190. The Kier molecular flexibility index (Phi) is 3.28. The van der Waals surface area contributed by atoms with Crippen LogP contribution in [0.15, 0.2) is 70.5 Å². The van der Waals surface area contributed by atoms with Gasteiger partial charge < -0.3 is 10.3 Å². The highest BCUT2D eigenvalue weighted by molar-refractivity contribution is 6.14. The lowest BCUT2D eigenvalue weighted by Gasteiger charge is -2.28. The number of fused-ring (bicyclic) bond motifs is 3. The summed E-state index contributed by atoms with van der Waals surface area (Å²) in [6.07, 6.45) is 10.4. The quantitative estimate of drug-likeness (QED) is 0.832. The maximum Gasteiger partial charge on any atom is 0.277 e. The van der Waals surface area contributed by atoms with E-state index in [-0.39, 0.29) is 17.7 Å². The fourth-order valence-corrected chi connectivity index (χ4v) is 4.02. The second-order valence-electron chi connectivity index (χ2n) is 6.87. The van der Waals surface area contributed by atoms with Crippen molar-refractivity contribution in [2.75, 3.05) is 0 Å². The van der Waals surface area contributed by atoms with Crippen molar-refractivity contribution in [1.29, 1.82) is 0 Å². The summed E-state index contributed by atoms with van der Waals surface area (Å²) < 4.78 is 0. The SMILES string of the molecule is O=C1NC2=CC(=NC(=O)c3ccc4cc[nH]c4c3)C=CC2C2=C1CCC2. The van der Waals surface area contributed by atoms with E-state index in [1.165, 1.54) is 5.57 Å². The van der Waals surface area contributed by atoms with Crippen molar-refractivity contribution in [3.63, 3.8) is 0 Å². The average Bonchev–Trinajstić information content (AvgIpc) is 3.30. The summed E-state index contributed by atoms with van der Waals surface area (Å²) in [5, 5.41) is 4.03. The third-order valence-electron chi connectivity index (χ3n) is 5.30. The molecule has 2 N–H and O–H groups in total. The molecule has 5 rings (SSSR count). The highest BCUT2D eigenvalue weighted by atomic mass is 16.2. The van der Waals surface area contributed by atoms with E-state index >= 15 is 0 Å². The molecule has 0 bridgehead atoms. The first-order valence-electron chi connectivity index (χ1n) is 8.82. The Morgan fingerprint density at radius 3 is 3.04 bits per heavy atom. The van der Waals surface area contributed by atoms with E-state index < -0.39 is 0 Å². The van der Waals surface area contributed by atoms with Gasteiger partial charge >= 0.3 is 0 Å². The minimum atomic E-state index is -0.292. The molecular weight excluding hydrogens is 326 g/mol. The number of amides is 2. The first-order valence-corrected chi connectivity index (χ1v) is 8.82. The molecule has 3 aliphatic rings. The molecule has 0 fully saturated rings. The highest BCUT2D eigenvalue weighted by Crippen LogP contribution is 2.39. The summed E-state index contributed by atoms with van der Waals surface area (Å²) in [4.78, 5) is 32.1. The van der Waals surface area contributed by atoms with Gasteiger partial charge in [-0.3, -0.25) is 9.59 Å². The largest absolute Gasteiger partial charge is 0.361 e. The van der Waals surface area contributed by atoms with E-state index in [9.17, 15) is 9.59 Å². The van der Waals surface area contributed by atoms with Crippen molar-refractivity contribution >= 4 is 28.4 Å². The maximum atomic E-state index is 12.5. The number of allylic oxidation sites excluding steroid dienone is 3. The predicted molar refractivity (Wildman–Crippen MR) is 99.8 cm³/mol. The van der Waals surface area contributed by atoms with Crippen LogP contribution in [-0.4, -0.2) is 22.5 Å². The number of aliphatic imine (C=N–C) groups is 1. The molecule has 1 aromatic carbocycles. The fourth-order valence-electron chi connectivity index (χ4n) is 4.02. The standard InChI is InChI=1S/C21H17N3O2/c25-20(13-5-4-12-8-9-22-18(12)10-13)23-14-6-7-16-15-2-1-3-17(15)21(26)24-19(16)11-14/h4-11,16,22H,1-3H2,(H,24,26). The number of benzene rings is 1. The molecule has 128 valence electrons. The molecule has 5 nitrogen and oxygen atoms in total. The molecule has 5 heteroatoms. The van der Waals surface area contributed by atoms with Crippen LogP contribution in [0.25, 0.3) is 10.9 Å². The van der Waals surface area contributed by atoms with Crippen LogP contribution in [-0.2, 0) is 4.79 Å². The molecule has 2 aromatic rings. The van der Waals surface area contributed by atoms with Gasteiger partial charge in [0.1, 0.15) is 0 Å². The molecule has 0 spiro atoms.